The average Bonchev–Trinajstić information content (AvgIpc) is 2.57. The van der Waals surface area contributed by atoms with Crippen molar-refractivity contribution >= 4 is 24.2 Å². The highest BCUT2D eigenvalue weighted by Gasteiger charge is 2.04. The first-order chi connectivity index (χ1) is 11.2. The Kier molecular flexibility index (Phi) is 10.7. The summed E-state index contributed by atoms with van der Waals surface area (Å²) in [6, 6.07) is 9.39. The molecule has 0 spiro atoms. The third kappa shape index (κ3) is 10.6. The number of carbonyl (C=O) groups excluding carboxylic acids is 2. The number of benzene rings is 1. The quantitative estimate of drug-likeness (QED) is 0.279. The van der Waals surface area contributed by atoms with Crippen molar-refractivity contribution in [1.82, 2.24) is 10.0 Å². The summed E-state index contributed by atoms with van der Waals surface area (Å²) in [4.78, 5) is 22.8. The number of rotatable bonds is 11. The maximum Gasteiger partial charge on any atom is 0.409 e. The maximum absolute atomic E-state index is 11.4. The second-order valence-corrected chi connectivity index (χ2v) is 5.53. The molecule has 0 atom stereocenters. The van der Waals surface area contributed by atoms with Crippen molar-refractivity contribution in [3.8, 4) is 0 Å². The van der Waals surface area contributed by atoms with Gasteiger partial charge in [0.1, 0.15) is 25.6 Å². The smallest absolute Gasteiger partial charge is 0.409 e. The summed E-state index contributed by atoms with van der Waals surface area (Å²) >= 11 is 0.812. The standard InChI is InChI=1S/C16H24N2O4S/c1-2-3-4-8-11-15(19)18-23-22-13-17-16(20)21-12-14-9-6-5-7-10-14/h5-7,9-10H,2-4,8,11-13H2,1H3,(H,17,20)(H,18,19). The first kappa shape index (κ1) is 19.3. The van der Waals surface area contributed by atoms with E-state index in [0.29, 0.717) is 6.42 Å². The molecule has 0 aliphatic carbocycles. The Morgan fingerprint density at radius 3 is 2.65 bits per heavy atom. The van der Waals surface area contributed by atoms with Gasteiger partial charge in [-0.15, -0.1) is 0 Å². The second-order valence-electron chi connectivity index (χ2n) is 4.92. The lowest BCUT2D eigenvalue weighted by Crippen LogP contribution is -2.26. The van der Waals surface area contributed by atoms with Gasteiger partial charge in [0.05, 0.1) is 0 Å². The summed E-state index contributed by atoms with van der Waals surface area (Å²) in [5, 5.41) is 2.43. The number of unbranched alkanes of at least 4 members (excludes halogenated alkanes) is 3. The molecule has 0 fully saturated rings. The molecule has 0 unspecified atom stereocenters. The fraction of sp³-hybridized carbons (Fsp3) is 0.500. The maximum atomic E-state index is 11.4. The summed E-state index contributed by atoms with van der Waals surface area (Å²) < 4.78 is 12.6. The zero-order chi connectivity index (χ0) is 16.8. The number of ether oxygens (including phenoxy) is 1. The summed E-state index contributed by atoms with van der Waals surface area (Å²) in [5.41, 5.74) is 0.910. The Morgan fingerprint density at radius 1 is 1.13 bits per heavy atom. The van der Waals surface area contributed by atoms with E-state index in [9.17, 15) is 9.59 Å². The van der Waals surface area contributed by atoms with Gasteiger partial charge in [-0.05, 0) is 12.0 Å². The molecule has 2 amide bonds. The zero-order valence-electron chi connectivity index (χ0n) is 13.4. The number of hydrogen-bond acceptors (Lipinski definition) is 5. The molecule has 2 N–H and O–H groups in total. The van der Waals surface area contributed by atoms with Crippen LogP contribution in [-0.4, -0.2) is 18.7 Å². The Balaban J connectivity index is 1.95. The van der Waals surface area contributed by atoms with E-state index in [4.69, 9.17) is 8.92 Å². The van der Waals surface area contributed by atoms with Crippen molar-refractivity contribution in [2.24, 2.45) is 0 Å². The predicted molar refractivity (Wildman–Crippen MR) is 90.2 cm³/mol. The molecule has 1 rings (SSSR count). The largest absolute Gasteiger partial charge is 0.445 e. The number of hydrogen-bond donors (Lipinski definition) is 2. The lowest BCUT2D eigenvalue weighted by molar-refractivity contribution is -0.119. The third-order valence-electron chi connectivity index (χ3n) is 2.96. The number of amides is 2. The molecule has 0 aliphatic rings. The first-order valence-corrected chi connectivity index (χ1v) is 8.48. The molecule has 6 nitrogen and oxygen atoms in total. The lowest BCUT2D eigenvalue weighted by atomic mass is 10.1. The van der Waals surface area contributed by atoms with E-state index in [0.717, 1.165) is 43.5 Å². The fourth-order valence-electron chi connectivity index (χ4n) is 1.73. The summed E-state index contributed by atoms with van der Waals surface area (Å²) in [5.74, 6) is -0.0715. The highest BCUT2D eigenvalue weighted by Crippen LogP contribution is 2.04. The van der Waals surface area contributed by atoms with E-state index in [1.54, 1.807) is 0 Å². The van der Waals surface area contributed by atoms with Crippen molar-refractivity contribution in [2.45, 2.75) is 45.6 Å². The van der Waals surface area contributed by atoms with E-state index in [2.05, 4.69) is 17.0 Å². The monoisotopic (exact) mass is 340 g/mol. The molecule has 1 aromatic rings. The van der Waals surface area contributed by atoms with Crippen LogP contribution in [0.5, 0.6) is 0 Å². The van der Waals surface area contributed by atoms with E-state index >= 15 is 0 Å². The van der Waals surface area contributed by atoms with Crippen molar-refractivity contribution in [3.63, 3.8) is 0 Å². The summed E-state index contributed by atoms with van der Waals surface area (Å²) in [6.45, 7) is 2.28. The van der Waals surface area contributed by atoms with E-state index in [1.807, 2.05) is 30.3 Å². The van der Waals surface area contributed by atoms with Crippen LogP contribution >= 0.6 is 12.2 Å². The Labute approximate surface area is 141 Å². The van der Waals surface area contributed by atoms with E-state index < -0.39 is 6.09 Å². The summed E-state index contributed by atoms with van der Waals surface area (Å²) in [7, 11) is 0. The van der Waals surface area contributed by atoms with Crippen LogP contribution in [0.1, 0.15) is 44.6 Å². The van der Waals surface area contributed by atoms with Gasteiger partial charge >= 0.3 is 6.09 Å². The van der Waals surface area contributed by atoms with Crippen molar-refractivity contribution in [2.75, 3.05) is 6.73 Å². The van der Waals surface area contributed by atoms with Gasteiger partial charge in [-0.1, -0.05) is 56.5 Å². The Morgan fingerprint density at radius 2 is 1.91 bits per heavy atom. The summed E-state index contributed by atoms with van der Waals surface area (Å²) in [6.07, 6.45) is 4.15. The molecule has 0 heterocycles. The average molecular weight is 340 g/mol. The zero-order valence-corrected chi connectivity index (χ0v) is 14.2. The molecule has 0 radical (unpaired) electrons. The third-order valence-corrected chi connectivity index (χ3v) is 3.51. The first-order valence-electron chi connectivity index (χ1n) is 7.74. The molecular weight excluding hydrogens is 316 g/mol. The molecule has 1 aromatic carbocycles. The SMILES string of the molecule is CCCCCCC(=O)NSOCNC(=O)OCc1ccccc1. The molecule has 0 saturated carbocycles. The molecule has 7 heteroatoms. The number of carbonyl (C=O) groups is 2. The van der Waals surface area contributed by atoms with Crippen molar-refractivity contribution < 1.29 is 18.5 Å². The van der Waals surface area contributed by atoms with Gasteiger partial charge in [0.25, 0.3) is 0 Å². The van der Waals surface area contributed by atoms with Crippen LogP contribution in [0.2, 0.25) is 0 Å². The van der Waals surface area contributed by atoms with Crippen LogP contribution in [-0.2, 0) is 20.3 Å². The normalized spacial score (nSPS) is 10.1. The Hall–Kier alpha value is -1.73. The predicted octanol–water partition coefficient (Wildman–Crippen LogP) is 3.54. The Bertz CT molecular complexity index is 457. The highest BCUT2D eigenvalue weighted by molar-refractivity contribution is 7.93. The van der Waals surface area contributed by atoms with Gasteiger partial charge in [0.2, 0.25) is 5.91 Å². The molecule has 0 aromatic heterocycles. The minimum Gasteiger partial charge on any atom is -0.445 e. The van der Waals surface area contributed by atoms with Gasteiger partial charge in [0, 0.05) is 6.42 Å². The van der Waals surface area contributed by atoms with Crippen LogP contribution in [0, 0.1) is 0 Å². The van der Waals surface area contributed by atoms with E-state index in [1.165, 1.54) is 0 Å². The van der Waals surface area contributed by atoms with Gasteiger partial charge in [0.15, 0.2) is 0 Å². The minimum atomic E-state index is -0.569. The van der Waals surface area contributed by atoms with Gasteiger partial charge in [-0.3, -0.25) is 19.0 Å². The van der Waals surface area contributed by atoms with E-state index in [-0.39, 0.29) is 19.2 Å². The molecule has 128 valence electrons. The lowest BCUT2D eigenvalue weighted by Gasteiger charge is -2.07. The fourth-order valence-corrected chi connectivity index (χ4v) is 2.10. The van der Waals surface area contributed by atoms with Crippen LogP contribution in [0.15, 0.2) is 30.3 Å². The number of nitrogens with one attached hydrogen (secondary N) is 2. The van der Waals surface area contributed by atoms with Crippen LogP contribution in [0.25, 0.3) is 0 Å². The van der Waals surface area contributed by atoms with Crippen molar-refractivity contribution in [3.05, 3.63) is 35.9 Å². The number of alkyl carbamates (subject to hydrolysis) is 1. The molecule has 23 heavy (non-hydrogen) atoms. The van der Waals surface area contributed by atoms with Crippen LogP contribution in [0.3, 0.4) is 0 Å². The molecule has 0 saturated heterocycles. The molecular formula is C16H24N2O4S. The highest BCUT2D eigenvalue weighted by atomic mass is 32.2. The van der Waals surface area contributed by atoms with Crippen LogP contribution < -0.4 is 10.0 Å². The van der Waals surface area contributed by atoms with Crippen molar-refractivity contribution in [1.29, 1.82) is 0 Å². The van der Waals surface area contributed by atoms with Gasteiger partial charge in [-0.25, -0.2) is 4.79 Å². The molecule has 0 bridgehead atoms. The van der Waals surface area contributed by atoms with Crippen LogP contribution in [0.4, 0.5) is 4.79 Å². The second kappa shape index (κ2) is 12.8. The van der Waals surface area contributed by atoms with Gasteiger partial charge in [-0.2, -0.15) is 0 Å². The minimum absolute atomic E-state index is 0.0472. The molecule has 0 aliphatic heterocycles. The topological polar surface area (TPSA) is 76.7 Å². The van der Waals surface area contributed by atoms with Gasteiger partial charge < -0.3 is 4.74 Å².